The summed E-state index contributed by atoms with van der Waals surface area (Å²) in [7, 11) is 4.72. The van der Waals surface area contributed by atoms with Gasteiger partial charge in [0.05, 0.1) is 39.0 Å². The highest BCUT2D eigenvalue weighted by Gasteiger charge is 2.15. The lowest BCUT2D eigenvalue weighted by molar-refractivity contribution is -0.117. The normalized spacial score (nSPS) is 11.8. The van der Waals surface area contributed by atoms with Gasteiger partial charge in [-0.25, -0.2) is 0 Å². The minimum absolute atomic E-state index is 0.258. The second-order valence-corrected chi connectivity index (χ2v) is 6.55. The fourth-order valence-corrected chi connectivity index (χ4v) is 3.08. The summed E-state index contributed by atoms with van der Waals surface area (Å²) in [5, 5.41) is 3.33. The lowest BCUT2D eigenvalue weighted by Gasteiger charge is -2.17. The average molecular weight is 420 g/mol. The van der Waals surface area contributed by atoms with Crippen molar-refractivity contribution in [1.82, 2.24) is 5.32 Å². The number of carbonyl (C=O) groups is 1. The van der Waals surface area contributed by atoms with E-state index in [0.29, 0.717) is 34.6 Å². The number of carbonyl (C=O) groups excluding carboxylic acids is 1. The summed E-state index contributed by atoms with van der Waals surface area (Å²) in [4.78, 5) is 12.4. The van der Waals surface area contributed by atoms with Crippen LogP contribution >= 0.6 is 11.6 Å². The van der Waals surface area contributed by atoms with Gasteiger partial charge in [0.25, 0.3) is 0 Å². The van der Waals surface area contributed by atoms with Crippen molar-refractivity contribution in [2.75, 3.05) is 27.9 Å². The predicted molar refractivity (Wildman–Crippen MR) is 114 cm³/mol. The van der Waals surface area contributed by atoms with Crippen molar-refractivity contribution in [3.63, 3.8) is 0 Å². The molecular weight excluding hydrogens is 394 g/mol. The maximum atomic E-state index is 12.4. The number of benzene rings is 2. The van der Waals surface area contributed by atoms with Crippen molar-refractivity contribution in [2.24, 2.45) is 0 Å². The zero-order valence-corrected chi connectivity index (χ0v) is 18.0. The maximum absolute atomic E-state index is 12.4. The van der Waals surface area contributed by atoms with Crippen LogP contribution in [0, 0.1) is 0 Å². The number of methoxy groups -OCH3 is 3. The number of ether oxygens (including phenoxy) is 4. The molecule has 156 valence electrons. The van der Waals surface area contributed by atoms with Crippen LogP contribution in [0.2, 0.25) is 5.02 Å². The maximum Gasteiger partial charge on any atom is 0.244 e. The molecule has 0 fully saturated rings. The minimum Gasteiger partial charge on any atom is -0.497 e. The molecule has 1 N–H and O–H groups in total. The van der Waals surface area contributed by atoms with Gasteiger partial charge in [0.2, 0.25) is 5.91 Å². The quantitative estimate of drug-likeness (QED) is 0.599. The fourth-order valence-electron chi connectivity index (χ4n) is 2.81. The third-order valence-electron chi connectivity index (χ3n) is 4.23. The van der Waals surface area contributed by atoms with E-state index in [9.17, 15) is 4.79 Å². The highest BCUT2D eigenvalue weighted by atomic mass is 35.5. The Morgan fingerprint density at radius 2 is 1.83 bits per heavy atom. The van der Waals surface area contributed by atoms with Crippen molar-refractivity contribution in [2.45, 2.75) is 19.9 Å². The topological polar surface area (TPSA) is 66.0 Å². The smallest absolute Gasteiger partial charge is 0.244 e. The third kappa shape index (κ3) is 5.81. The van der Waals surface area contributed by atoms with E-state index in [1.165, 1.54) is 13.2 Å². The molecule has 0 aliphatic rings. The first-order chi connectivity index (χ1) is 13.9. The average Bonchev–Trinajstić information content (AvgIpc) is 2.73. The van der Waals surface area contributed by atoms with E-state index in [-0.39, 0.29) is 11.9 Å². The SMILES string of the molecule is CCOc1c(Cl)cc(/C=C/C(=O)NC(C)c2cc(OC)ccc2OC)cc1OC. The molecule has 2 aromatic carbocycles. The number of amides is 1. The Labute approximate surface area is 176 Å². The van der Waals surface area contributed by atoms with Gasteiger partial charge in [-0.1, -0.05) is 11.6 Å². The number of nitrogens with one attached hydrogen (secondary N) is 1. The summed E-state index contributed by atoms with van der Waals surface area (Å²) in [5.74, 6) is 2.09. The van der Waals surface area contributed by atoms with Crippen LogP contribution in [0.3, 0.4) is 0 Å². The van der Waals surface area contributed by atoms with Crippen LogP contribution < -0.4 is 24.3 Å². The second-order valence-electron chi connectivity index (χ2n) is 6.14. The summed E-state index contributed by atoms with van der Waals surface area (Å²) >= 11 is 6.27. The van der Waals surface area contributed by atoms with Crippen molar-refractivity contribution in [3.05, 3.63) is 52.6 Å². The van der Waals surface area contributed by atoms with Crippen LogP contribution in [0.4, 0.5) is 0 Å². The van der Waals surface area contributed by atoms with Crippen LogP contribution in [-0.2, 0) is 4.79 Å². The standard InChI is InChI=1S/C22H26ClNO5/c1-6-29-22-18(23)11-15(12-20(22)28-5)7-10-21(25)24-14(2)17-13-16(26-3)8-9-19(17)27-4/h7-14H,6H2,1-5H3,(H,24,25)/b10-7+. The van der Waals surface area contributed by atoms with Gasteiger partial charge in [-0.3, -0.25) is 4.79 Å². The largest absolute Gasteiger partial charge is 0.497 e. The molecule has 6 nitrogen and oxygen atoms in total. The molecular formula is C22H26ClNO5. The Kier molecular flexibility index (Phi) is 8.21. The van der Waals surface area contributed by atoms with E-state index in [0.717, 1.165) is 11.1 Å². The van der Waals surface area contributed by atoms with E-state index < -0.39 is 0 Å². The highest BCUT2D eigenvalue weighted by molar-refractivity contribution is 6.32. The van der Waals surface area contributed by atoms with Crippen molar-refractivity contribution >= 4 is 23.6 Å². The Morgan fingerprint density at radius 1 is 1.10 bits per heavy atom. The molecule has 0 heterocycles. The number of halogens is 1. The molecule has 1 unspecified atom stereocenters. The highest BCUT2D eigenvalue weighted by Crippen LogP contribution is 2.36. The van der Waals surface area contributed by atoms with Crippen LogP contribution in [0.5, 0.6) is 23.0 Å². The van der Waals surface area contributed by atoms with Gasteiger partial charge in [0, 0.05) is 11.6 Å². The zero-order chi connectivity index (χ0) is 21.4. The monoisotopic (exact) mass is 419 g/mol. The van der Waals surface area contributed by atoms with E-state index in [1.54, 1.807) is 44.6 Å². The van der Waals surface area contributed by atoms with Gasteiger partial charge >= 0.3 is 0 Å². The second kappa shape index (κ2) is 10.6. The van der Waals surface area contributed by atoms with Crippen LogP contribution in [0.15, 0.2) is 36.4 Å². The third-order valence-corrected chi connectivity index (χ3v) is 4.51. The van der Waals surface area contributed by atoms with Crippen molar-refractivity contribution < 1.29 is 23.7 Å². The molecule has 1 amide bonds. The molecule has 0 saturated heterocycles. The van der Waals surface area contributed by atoms with Gasteiger partial charge in [-0.15, -0.1) is 0 Å². The molecule has 1 atom stereocenters. The summed E-state index contributed by atoms with van der Waals surface area (Å²) < 4.78 is 21.5. The zero-order valence-electron chi connectivity index (χ0n) is 17.2. The Morgan fingerprint density at radius 3 is 2.45 bits per heavy atom. The lowest BCUT2D eigenvalue weighted by Crippen LogP contribution is -2.25. The molecule has 0 saturated carbocycles. The van der Waals surface area contributed by atoms with E-state index in [2.05, 4.69) is 5.32 Å². The number of hydrogen-bond donors (Lipinski definition) is 1. The molecule has 2 aromatic rings. The number of rotatable bonds is 9. The van der Waals surface area contributed by atoms with Crippen LogP contribution in [0.25, 0.3) is 6.08 Å². The summed E-state index contributed by atoms with van der Waals surface area (Å²) in [6.07, 6.45) is 3.10. The summed E-state index contributed by atoms with van der Waals surface area (Å²) in [6.45, 7) is 4.21. The van der Waals surface area contributed by atoms with Crippen molar-refractivity contribution in [3.8, 4) is 23.0 Å². The molecule has 2 rings (SSSR count). The van der Waals surface area contributed by atoms with Gasteiger partial charge in [-0.2, -0.15) is 0 Å². The van der Waals surface area contributed by atoms with E-state index in [1.807, 2.05) is 19.9 Å². The minimum atomic E-state index is -0.282. The summed E-state index contributed by atoms with van der Waals surface area (Å²) in [5.41, 5.74) is 1.54. The molecule has 7 heteroatoms. The van der Waals surface area contributed by atoms with Crippen molar-refractivity contribution in [1.29, 1.82) is 0 Å². The Hall–Kier alpha value is -2.86. The lowest BCUT2D eigenvalue weighted by atomic mass is 10.1. The molecule has 0 aliphatic carbocycles. The number of hydrogen-bond acceptors (Lipinski definition) is 5. The van der Waals surface area contributed by atoms with Gasteiger partial charge < -0.3 is 24.3 Å². The molecule has 0 bridgehead atoms. The predicted octanol–water partition coefficient (Wildman–Crippen LogP) is 4.66. The first-order valence-corrected chi connectivity index (χ1v) is 9.52. The van der Waals surface area contributed by atoms with E-state index >= 15 is 0 Å². The molecule has 29 heavy (non-hydrogen) atoms. The van der Waals surface area contributed by atoms with Gasteiger partial charge in [0.15, 0.2) is 11.5 Å². The molecule has 0 radical (unpaired) electrons. The van der Waals surface area contributed by atoms with E-state index in [4.69, 9.17) is 30.5 Å². The van der Waals surface area contributed by atoms with Crippen LogP contribution in [0.1, 0.15) is 31.0 Å². The Bertz CT molecular complexity index is 882. The Balaban J connectivity index is 2.15. The summed E-state index contributed by atoms with van der Waals surface area (Å²) in [6, 6.07) is 8.64. The van der Waals surface area contributed by atoms with Gasteiger partial charge in [-0.05, 0) is 55.8 Å². The first kappa shape index (κ1) is 22.4. The first-order valence-electron chi connectivity index (χ1n) is 9.14. The molecule has 0 spiro atoms. The van der Waals surface area contributed by atoms with Crippen LogP contribution in [-0.4, -0.2) is 33.8 Å². The fraction of sp³-hybridized carbons (Fsp3) is 0.318. The molecule has 0 aromatic heterocycles. The van der Waals surface area contributed by atoms with Gasteiger partial charge in [0.1, 0.15) is 11.5 Å². The molecule has 0 aliphatic heterocycles.